The molecule has 1 nitrogen and oxygen atoms in total. The normalized spacial score (nSPS) is 10.7. The molecule has 1 rings (SSSR count). The van der Waals surface area contributed by atoms with E-state index in [0.717, 1.165) is 18.8 Å². The second kappa shape index (κ2) is 5.79. The number of hydrogen-bond acceptors (Lipinski definition) is 1. The van der Waals surface area contributed by atoms with Gasteiger partial charge in [0.15, 0.2) is 0 Å². The summed E-state index contributed by atoms with van der Waals surface area (Å²) in [5.41, 5.74) is 2.69. The minimum absolute atomic E-state index is 0.531. The smallest absolute Gasteiger partial charge is 0.125 e. The van der Waals surface area contributed by atoms with Crippen LogP contribution in [0.1, 0.15) is 51.2 Å². The van der Waals surface area contributed by atoms with E-state index in [1.54, 1.807) is 0 Å². The van der Waals surface area contributed by atoms with Crippen LogP contribution in [0.4, 0.5) is 0 Å². The molecule has 0 spiro atoms. The number of rotatable bonds is 5. The number of hydrogen-bond donors (Lipinski definition) is 0. The Bertz CT molecular complexity index is 302. The Hall–Kier alpha value is -0.980. The first-order valence-corrected chi connectivity index (χ1v) is 5.95. The molecule has 84 valence electrons. The lowest BCUT2D eigenvalue weighted by molar-refractivity contribution is 0.331. The highest BCUT2D eigenvalue weighted by molar-refractivity contribution is 5.43. The summed E-state index contributed by atoms with van der Waals surface area (Å²) >= 11 is 0. The average Bonchev–Trinajstić information content (AvgIpc) is 2.21. The molecule has 0 radical (unpaired) electrons. The molecule has 0 saturated carbocycles. The Labute approximate surface area is 93.5 Å². The Morgan fingerprint density at radius 3 is 2.47 bits per heavy atom. The van der Waals surface area contributed by atoms with Gasteiger partial charge >= 0.3 is 0 Å². The van der Waals surface area contributed by atoms with Crippen LogP contribution in [0.5, 0.6) is 5.75 Å². The van der Waals surface area contributed by atoms with E-state index in [9.17, 15) is 0 Å². The van der Waals surface area contributed by atoms with Crippen LogP contribution in [0.2, 0.25) is 0 Å². The minimum Gasteiger partial charge on any atom is -0.493 e. The molecule has 0 saturated heterocycles. The van der Waals surface area contributed by atoms with E-state index in [1.165, 1.54) is 17.5 Å². The Morgan fingerprint density at radius 2 is 1.93 bits per heavy atom. The van der Waals surface area contributed by atoms with E-state index in [-0.39, 0.29) is 0 Å². The van der Waals surface area contributed by atoms with Crippen LogP contribution in [0.15, 0.2) is 18.2 Å². The van der Waals surface area contributed by atoms with Gasteiger partial charge in [-0.05, 0) is 30.4 Å². The van der Waals surface area contributed by atoms with Gasteiger partial charge in [0.1, 0.15) is 5.75 Å². The van der Waals surface area contributed by atoms with Crippen molar-refractivity contribution in [3.63, 3.8) is 0 Å². The first-order chi connectivity index (χ1) is 7.20. The predicted octanol–water partition coefficient (Wildman–Crippen LogP) is 4.16. The summed E-state index contributed by atoms with van der Waals surface area (Å²) in [4.78, 5) is 0. The minimum atomic E-state index is 0.531. The number of benzene rings is 1. The van der Waals surface area contributed by atoms with Crippen molar-refractivity contribution in [2.75, 3.05) is 6.61 Å². The maximum Gasteiger partial charge on any atom is 0.125 e. The molecule has 0 unspecified atom stereocenters. The lowest BCUT2D eigenvalue weighted by Gasteiger charge is -2.16. The third-order valence-corrected chi connectivity index (χ3v) is 2.56. The van der Waals surface area contributed by atoms with Crippen LogP contribution < -0.4 is 4.74 Å². The van der Waals surface area contributed by atoms with E-state index >= 15 is 0 Å². The van der Waals surface area contributed by atoms with Gasteiger partial charge in [-0.3, -0.25) is 0 Å². The molecule has 0 N–H and O–H groups in total. The fourth-order valence-electron chi connectivity index (χ4n) is 1.85. The molecule has 1 aromatic rings. The lowest BCUT2D eigenvalue weighted by Crippen LogP contribution is -2.02. The van der Waals surface area contributed by atoms with Crippen LogP contribution >= 0.6 is 0 Å². The van der Waals surface area contributed by atoms with Crippen molar-refractivity contribution in [3.05, 3.63) is 29.3 Å². The fraction of sp³-hybridized carbons (Fsp3) is 0.571. The van der Waals surface area contributed by atoms with Gasteiger partial charge in [0.25, 0.3) is 0 Å². The topological polar surface area (TPSA) is 9.23 Å². The summed E-state index contributed by atoms with van der Waals surface area (Å²) in [5, 5.41) is 0. The molecule has 1 heteroatoms. The predicted molar refractivity (Wildman–Crippen MR) is 65.7 cm³/mol. The molecular formula is C14H22O. The number of para-hydroxylation sites is 1. The average molecular weight is 206 g/mol. The summed E-state index contributed by atoms with van der Waals surface area (Å²) < 4.78 is 5.78. The zero-order valence-corrected chi connectivity index (χ0v) is 10.3. The number of ether oxygens (including phenoxy) is 1. The summed E-state index contributed by atoms with van der Waals surface area (Å²) in [7, 11) is 0. The molecule has 0 aliphatic heterocycles. The van der Waals surface area contributed by atoms with E-state index in [4.69, 9.17) is 4.74 Å². The lowest BCUT2D eigenvalue weighted by atomic mass is 9.97. The third-order valence-electron chi connectivity index (χ3n) is 2.56. The first kappa shape index (κ1) is 12.1. The van der Waals surface area contributed by atoms with E-state index in [2.05, 4.69) is 39.0 Å². The first-order valence-electron chi connectivity index (χ1n) is 5.95. The molecule has 0 aromatic heterocycles. The maximum atomic E-state index is 5.78. The van der Waals surface area contributed by atoms with Gasteiger partial charge in [-0.25, -0.2) is 0 Å². The van der Waals surface area contributed by atoms with Gasteiger partial charge in [-0.1, -0.05) is 45.4 Å². The van der Waals surface area contributed by atoms with Crippen molar-refractivity contribution >= 4 is 0 Å². The van der Waals surface area contributed by atoms with E-state index in [0.29, 0.717) is 5.92 Å². The van der Waals surface area contributed by atoms with Crippen molar-refractivity contribution in [1.82, 2.24) is 0 Å². The molecular weight excluding hydrogens is 184 g/mol. The van der Waals surface area contributed by atoms with Crippen molar-refractivity contribution in [2.24, 2.45) is 0 Å². The highest BCUT2D eigenvalue weighted by Crippen LogP contribution is 2.30. The number of aryl methyl sites for hydroxylation is 1. The maximum absolute atomic E-state index is 5.78. The summed E-state index contributed by atoms with van der Waals surface area (Å²) in [5.74, 6) is 1.65. The quantitative estimate of drug-likeness (QED) is 0.703. The monoisotopic (exact) mass is 206 g/mol. The summed E-state index contributed by atoms with van der Waals surface area (Å²) in [6, 6.07) is 6.50. The van der Waals surface area contributed by atoms with Crippen LogP contribution in [-0.4, -0.2) is 6.61 Å². The van der Waals surface area contributed by atoms with Gasteiger partial charge in [0.2, 0.25) is 0 Å². The van der Waals surface area contributed by atoms with Crippen molar-refractivity contribution in [1.29, 1.82) is 0 Å². The summed E-state index contributed by atoms with van der Waals surface area (Å²) in [6.45, 7) is 9.44. The standard InChI is InChI=1S/C14H22O/c1-5-8-12-9-7-10-13(11(3)4)14(12)15-6-2/h7,9-11H,5-6,8H2,1-4H3. The summed E-state index contributed by atoms with van der Waals surface area (Å²) in [6.07, 6.45) is 2.28. The SMILES string of the molecule is CCCc1cccc(C(C)C)c1OCC. The van der Waals surface area contributed by atoms with Gasteiger partial charge in [0.05, 0.1) is 6.61 Å². The molecule has 0 aliphatic carbocycles. The van der Waals surface area contributed by atoms with E-state index < -0.39 is 0 Å². The van der Waals surface area contributed by atoms with Crippen molar-refractivity contribution < 1.29 is 4.74 Å². The molecule has 0 heterocycles. The van der Waals surface area contributed by atoms with Crippen molar-refractivity contribution in [2.45, 2.75) is 46.5 Å². The highest BCUT2D eigenvalue weighted by atomic mass is 16.5. The van der Waals surface area contributed by atoms with Crippen LogP contribution in [-0.2, 0) is 6.42 Å². The fourth-order valence-corrected chi connectivity index (χ4v) is 1.85. The molecule has 15 heavy (non-hydrogen) atoms. The molecule has 0 amide bonds. The second-order valence-electron chi connectivity index (χ2n) is 4.17. The molecule has 0 fully saturated rings. The second-order valence-corrected chi connectivity index (χ2v) is 4.17. The van der Waals surface area contributed by atoms with Crippen LogP contribution in [0, 0.1) is 0 Å². The van der Waals surface area contributed by atoms with Crippen LogP contribution in [0.25, 0.3) is 0 Å². The van der Waals surface area contributed by atoms with Gasteiger partial charge in [-0.15, -0.1) is 0 Å². The molecule has 0 bridgehead atoms. The highest BCUT2D eigenvalue weighted by Gasteiger charge is 2.11. The van der Waals surface area contributed by atoms with Gasteiger partial charge < -0.3 is 4.74 Å². The molecule has 0 aliphatic rings. The Morgan fingerprint density at radius 1 is 1.20 bits per heavy atom. The largest absolute Gasteiger partial charge is 0.493 e. The zero-order chi connectivity index (χ0) is 11.3. The van der Waals surface area contributed by atoms with Crippen LogP contribution in [0.3, 0.4) is 0 Å². The molecule has 1 aromatic carbocycles. The van der Waals surface area contributed by atoms with Gasteiger partial charge in [0, 0.05) is 0 Å². The Kier molecular flexibility index (Phi) is 4.67. The zero-order valence-electron chi connectivity index (χ0n) is 10.3. The van der Waals surface area contributed by atoms with E-state index in [1.807, 2.05) is 6.92 Å². The van der Waals surface area contributed by atoms with Crippen molar-refractivity contribution in [3.8, 4) is 5.75 Å². The third kappa shape index (κ3) is 2.98. The van der Waals surface area contributed by atoms with Gasteiger partial charge in [-0.2, -0.15) is 0 Å². The Balaban J connectivity index is 3.09. The molecule has 0 atom stereocenters.